The lowest BCUT2D eigenvalue weighted by Gasteiger charge is -1.99. The van der Waals surface area contributed by atoms with E-state index >= 15 is 0 Å². The van der Waals surface area contributed by atoms with E-state index in [2.05, 4.69) is 26.1 Å². The van der Waals surface area contributed by atoms with Gasteiger partial charge in [-0.25, -0.2) is 0 Å². The molecular formula is C16H35NO2. The van der Waals surface area contributed by atoms with Crippen LogP contribution in [0.2, 0.25) is 0 Å². The summed E-state index contributed by atoms with van der Waals surface area (Å²) in [6, 6.07) is 0. The Balaban J connectivity index is 0. The van der Waals surface area contributed by atoms with Crippen LogP contribution in [0.5, 0.6) is 0 Å². The third-order valence-electron chi connectivity index (χ3n) is 2.70. The van der Waals surface area contributed by atoms with Crippen LogP contribution in [0.15, 0.2) is 0 Å². The van der Waals surface area contributed by atoms with Crippen LogP contribution in [0.3, 0.4) is 0 Å². The average Bonchev–Trinajstić information content (AvgIpc) is 2.40. The van der Waals surface area contributed by atoms with Crippen molar-refractivity contribution in [3.05, 3.63) is 0 Å². The van der Waals surface area contributed by atoms with E-state index in [4.69, 9.17) is 4.74 Å². The molecule has 0 saturated heterocycles. The standard InChI is InChI=1S/C8H19N.C8H16O2/c1-3-5-7-9-8-6-4-2;1-3-5-6-7-8(9)10-4-2/h9H,3-8H2,1-2H3;3-7H2,1-2H3. The Morgan fingerprint density at radius 1 is 0.842 bits per heavy atom. The Hall–Kier alpha value is -0.570. The molecule has 0 aliphatic carbocycles. The van der Waals surface area contributed by atoms with Gasteiger partial charge in [-0.1, -0.05) is 46.5 Å². The second-order valence-corrected chi connectivity index (χ2v) is 4.72. The fourth-order valence-electron chi connectivity index (χ4n) is 1.48. The van der Waals surface area contributed by atoms with Crippen LogP contribution in [-0.2, 0) is 9.53 Å². The van der Waals surface area contributed by atoms with Crippen molar-refractivity contribution in [3.63, 3.8) is 0 Å². The Morgan fingerprint density at radius 3 is 1.79 bits per heavy atom. The van der Waals surface area contributed by atoms with E-state index in [1.807, 2.05) is 6.92 Å². The van der Waals surface area contributed by atoms with Gasteiger partial charge in [0.2, 0.25) is 0 Å². The summed E-state index contributed by atoms with van der Waals surface area (Å²) in [5.74, 6) is -0.0593. The number of carbonyl (C=O) groups excluding carboxylic acids is 1. The first-order valence-electron chi connectivity index (χ1n) is 8.09. The maximum absolute atomic E-state index is 10.7. The van der Waals surface area contributed by atoms with Crippen molar-refractivity contribution in [1.82, 2.24) is 5.32 Å². The van der Waals surface area contributed by atoms with Crippen LogP contribution < -0.4 is 5.32 Å². The second-order valence-electron chi connectivity index (χ2n) is 4.72. The maximum atomic E-state index is 10.7. The Morgan fingerprint density at radius 2 is 1.37 bits per heavy atom. The number of nitrogens with one attached hydrogen (secondary N) is 1. The van der Waals surface area contributed by atoms with Gasteiger partial charge in [0.05, 0.1) is 6.61 Å². The third kappa shape index (κ3) is 23.0. The van der Waals surface area contributed by atoms with E-state index in [-0.39, 0.29) is 5.97 Å². The molecule has 0 heterocycles. The van der Waals surface area contributed by atoms with Gasteiger partial charge < -0.3 is 10.1 Å². The summed E-state index contributed by atoms with van der Waals surface area (Å²) in [6.07, 6.45) is 9.08. The van der Waals surface area contributed by atoms with Crippen LogP contribution in [0.4, 0.5) is 0 Å². The number of unbranched alkanes of at least 4 members (excludes halogenated alkanes) is 4. The summed E-state index contributed by atoms with van der Waals surface area (Å²) in [6.45, 7) is 11.3. The van der Waals surface area contributed by atoms with Crippen LogP contribution >= 0.6 is 0 Å². The molecule has 0 atom stereocenters. The summed E-state index contributed by atoms with van der Waals surface area (Å²) >= 11 is 0. The normalized spacial score (nSPS) is 9.68. The van der Waals surface area contributed by atoms with Gasteiger partial charge in [-0.2, -0.15) is 0 Å². The summed E-state index contributed by atoms with van der Waals surface area (Å²) in [5, 5.41) is 3.39. The van der Waals surface area contributed by atoms with Gasteiger partial charge in [0.1, 0.15) is 0 Å². The molecule has 19 heavy (non-hydrogen) atoms. The highest BCUT2D eigenvalue weighted by Gasteiger charge is 1.98. The molecular weight excluding hydrogens is 238 g/mol. The number of esters is 1. The lowest BCUT2D eigenvalue weighted by atomic mass is 10.2. The molecule has 0 aliphatic heterocycles. The molecule has 1 N–H and O–H groups in total. The van der Waals surface area contributed by atoms with Crippen LogP contribution in [0.25, 0.3) is 0 Å². The summed E-state index contributed by atoms with van der Waals surface area (Å²) in [5.41, 5.74) is 0. The highest BCUT2D eigenvalue weighted by Crippen LogP contribution is 1.99. The quantitative estimate of drug-likeness (QED) is 0.450. The zero-order chi connectivity index (χ0) is 14.8. The zero-order valence-corrected chi connectivity index (χ0v) is 13.6. The Labute approximate surface area is 120 Å². The van der Waals surface area contributed by atoms with E-state index in [9.17, 15) is 4.79 Å². The van der Waals surface area contributed by atoms with Crippen molar-refractivity contribution >= 4 is 5.97 Å². The van der Waals surface area contributed by atoms with E-state index < -0.39 is 0 Å². The smallest absolute Gasteiger partial charge is 0.305 e. The molecule has 0 aromatic heterocycles. The SMILES string of the molecule is CCCCCC(=O)OCC.CCCCNCCCC. The van der Waals surface area contributed by atoms with E-state index in [1.54, 1.807) is 0 Å². The molecule has 3 nitrogen and oxygen atoms in total. The molecule has 0 aliphatic rings. The third-order valence-corrected chi connectivity index (χ3v) is 2.70. The number of hydrogen-bond donors (Lipinski definition) is 1. The molecule has 0 amide bonds. The second kappa shape index (κ2) is 19.8. The number of carbonyl (C=O) groups is 1. The van der Waals surface area contributed by atoms with Crippen LogP contribution in [0, 0.1) is 0 Å². The Kier molecular flexibility index (Phi) is 21.6. The fourth-order valence-corrected chi connectivity index (χ4v) is 1.48. The van der Waals surface area contributed by atoms with Gasteiger partial charge in [-0.15, -0.1) is 0 Å². The molecule has 0 aromatic rings. The molecule has 3 heteroatoms. The van der Waals surface area contributed by atoms with Gasteiger partial charge >= 0.3 is 5.97 Å². The van der Waals surface area contributed by atoms with Crippen LogP contribution in [0.1, 0.15) is 79.1 Å². The molecule has 0 fully saturated rings. The van der Waals surface area contributed by atoms with Crippen molar-refractivity contribution in [2.75, 3.05) is 19.7 Å². The highest BCUT2D eigenvalue weighted by molar-refractivity contribution is 5.69. The lowest BCUT2D eigenvalue weighted by molar-refractivity contribution is -0.143. The highest BCUT2D eigenvalue weighted by atomic mass is 16.5. The average molecular weight is 273 g/mol. The first kappa shape index (κ1) is 20.7. The first-order chi connectivity index (χ1) is 9.22. The van der Waals surface area contributed by atoms with Crippen molar-refractivity contribution in [3.8, 4) is 0 Å². The van der Waals surface area contributed by atoms with Gasteiger partial charge in [0, 0.05) is 6.42 Å². The number of ether oxygens (including phenoxy) is 1. The fraction of sp³-hybridized carbons (Fsp3) is 0.938. The maximum Gasteiger partial charge on any atom is 0.305 e. The van der Waals surface area contributed by atoms with Gasteiger partial charge in [-0.05, 0) is 39.3 Å². The van der Waals surface area contributed by atoms with Crippen molar-refractivity contribution in [1.29, 1.82) is 0 Å². The summed E-state index contributed by atoms with van der Waals surface area (Å²) < 4.78 is 4.75. The zero-order valence-electron chi connectivity index (χ0n) is 13.6. The molecule has 0 bridgehead atoms. The predicted octanol–water partition coefficient (Wildman–Crippen LogP) is 4.31. The molecule has 0 unspecified atom stereocenters. The van der Waals surface area contributed by atoms with Crippen molar-refractivity contribution in [2.24, 2.45) is 0 Å². The minimum atomic E-state index is -0.0593. The molecule has 116 valence electrons. The predicted molar refractivity (Wildman–Crippen MR) is 83.5 cm³/mol. The summed E-state index contributed by atoms with van der Waals surface area (Å²) in [7, 11) is 0. The minimum absolute atomic E-state index is 0.0593. The number of hydrogen-bond acceptors (Lipinski definition) is 3. The minimum Gasteiger partial charge on any atom is -0.466 e. The van der Waals surface area contributed by atoms with Gasteiger partial charge in [-0.3, -0.25) is 4.79 Å². The monoisotopic (exact) mass is 273 g/mol. The molecule has 0 rings (SSSR count). The van der Waals surface area contributed by atoms with E-state index in [1.165, 1.54) is 38.8 Å². The van der Waals surface area contributed by atoms with Gasteiger partial charge in [0.15, 0.2) is 0 Å². The molecule has 0 aromatic carbocycles. The van der Waals surface area contributed by atoms with Crippen LogP contribution in [-0.4, -0.2) is 25.7 Å². The van der Waals surface area contributed by atoms with Crippen molar-refractivity contribution in [2.45, 2.75) is 79.1 Å². The Bertz CT molecular complexity index is 166. The molecule has 0 saturated carbocycles. The van der Waals surface area contributed by atoms with E-state index in [0.717, 1.165) is 19.3 Å². The topological polar surface area (TPSA) is 38.3 Å². The summed E-state index contributed by atoms with van der Waals surface area (Å²) in [4.78, 5) is 10.7. The van der Waals surface area contributed by atoms with E-state index in [0.29, 0.717) is 13.0 Å². The molecule has 0 radical (unpaired) electrons. The van der Waals surface area contributed by atoms with Gasteiger partial charge in [0.25, 0.3) is 0 Å². The van der Waals surface area contributed by atoms with Crippen molar-refractivity contribution < 1.29 is 9.53 Å². The number of rotatable bonds is 11. The lowest BCUT2D eigenvalue weighted by Crippen LogP contribution is -2.15. The largest absolute Gasteiger partial charge is 0.466 e. The molecule has 0 spiro atoms. The first-order valence-corrected chi connectivity index (χ1v) is 8.09.